The van der Waals surface area contributed by atoms with E-state index in [4.69, 9.17) is 9.84 Å². The lowest BCUT2D eigenvalue weighted by molar-refractivity contribution is -0.184. The van der Waals surface area contributed by atoms with Crippen LogP contribution >= 0.6 is 0 Å². The highest BCUT2D eigenvalue weighted by Gasteiger charge is 2.68. The molecule has 0 spiro atoms. The van der Waals surface area contributed by atoms with E-state index in [1.807, 2.05) is 6.92 Å². The number of aliphatic hydroxyl groups is 2. The summed E-state index contributed by atoms with van der Waals surface area (Å²) in [5, 5.41) is 36.8. The van der Waals surface area contributed by atoms with E-state index in [1.165, 1.54) is 0 Å². The zero-order valence-electron chi connectivity index (χ0n) is 26.0. The standard InChI is InChI=1S/C32H46N2O10/c1-17(2)28(29(42)33-15-25(39)40)34-24(38)7-8-26(41)44-16-23(37)32(43)12-10-21-20-6-5-18-13-19(35)9-11-30(18,3)27(20)22(36)14-31(21,32)4/h13,17,20-22,27-28,36,43H,5-12,14-16H2,1-4H3,(H,33,42)(H,34,38)(H,39,40). The molecule has 3 saturated carbocycles. The van der Waals surface area contributed by atoms with Gasteiger partial charge in [-0.05, 0) is 73.7 Å². The number of fused-ring (bicyclic) bond motifs is 5. The van der Waals surface area contributed by atoms with Gasteiger partial charge in [0.15, 0.2) is 12.4 Å². The van der Waals surface area contributed by atoms with Gasteiger partial charge in [0.2, 0.25) is 17.6 Å². The predicted molar refractivity (Wildman–Crippen MR) is 156 cm³/mol. The van der Waals surface area contributed by atoms with E-state index >= 15 is 0 Å². The molecular weight excluding hydrogens is 572 g/mol. The summed E-state index contributed by atoms with van der Waals surface area (Å²) in [5.41, 5.74) is -1.88. The summed E-state index contributed by atoms with van der Waals surface area (Å²) >= 11 is 0. The van der Waals surface area contributed by atoms with E-state index in [2.05, 4.69) is 17.6 Å². The Morgan fingerprint density at radius 2 is 1.77 bits per heavy atom. The summed E-state index contributed by atoms with van der Waals surface area (Å²) in [6.07, 6.45) is 4.01. The first-order chi connectivity index (χ1) is 20.5. The molecule has 4 aliphatic carbocycles. The van der Waals surface area contributed by atoms with Gasteiger partial charge in [-0.1, -0.05) is 33.3 Å². The summed E-state index contributed by atoms with van der Waals surface area (Å²) in [4.78, 5) is 73.4. The molecule has 12 heteroatoms. The van der Waals surface area contributed by atoms with Crippen LogP contribution in [-0.2, 0) is 33.5 Å². The maximum Gasteiger partial charge on any atom is 0.322 e. The highest BCUT2D eigenvalue weighted by Crippen LogP contribution is 2.67. The average Bonchev–Trinajstić information content (AvgIpc) is 3.22. The highest BCUT2D eigenvalue weighted by molar-refractivity contribution is 5.93. The molecule has 2 amide bonds. The summed E-state index contributed by atoms with van der Waals surface area (Å²) in [5.74, 6) is -4.15. The van der Waals surface area contributed by atoms with Crippen molar-refractivity contribution in [3.05, 3.63) is 11.6 Å². The van der Waals surface area contributed by atoms with E-state index in [9.17, 15) is 39.0 Å². The number of amides is 2. The third-order valence-electron chi connectivity index (χ3n) is 11.1. The molecule has 0 radical (unpaired) electrons. The predicted octanol–water partition coefficient (Wildman–Crippen LogP) is 1.45. The van der Waals surface area contributed by atoms with E-state index < -0.39 is 65.8 Å². The van der Waals surface area contributed by atoms with E-state index in [0.29, 0.717) is 19.3 Å². The van der Waals surface area contributed by atoms with Crippen LogP contribution in [0.2, 0.25) is 0 Å². The number of hydrogen-bond acceptors (Lipinski definition) is 9. The number of ketones is 2. The van der Waals surface area contributed by atoms with Crippen molar-refractivity contribution in [3.63, 3.8) is 0 Å². The third-order valence-corrected chi connectivity index (χ3v) is 11.1. The van der Waals surface area contributed by atoms with Crippen molar-refractivity contribution in [2.24, 2.45) is 34.5 Å². The third kappa shape index (κ3) is 6.20. The lowest BCUT2D eigenvalue weighted by Gasteiger charge is -2.60. The van der Waals surface area contributed by atoms with Gasteiger partial charge in [0.05, 0.1) is 12.5 Å². The number of aliphatic carboxylic acids is 1. The number of nitrogens with one attached hydrogen (secondary N) is 2. The Labute approximate surface area is 257 Å². The normalized spacial score (nSPS) is 35.0. The summed E-state index contributed by atoms with van der Waals surface area (Å²) < 4.78 is 5.18. The van der Waals surface area contributed by atoms with Gasteiger partial charge < -0.3 is 30.7 Å². The molecule has 0 aromatic heterocycles. The van der Waals surface area contributed by atoms with Gasteiger partial charge in [0, 0.05) is 18.3 Å². The summed E-state index contributed by atoms with van der Waals surface area (Å²) in [6, 6.07) is -0.995. The van der Waals surface area contributed by atoms with Crippen LogP contribution in [0.5, 0.6) is 0 Å². The minimum absolute atomic E-state index is 0.0122. The smallest absolute Gasteiger partial charge is 0.322 e. The quantitative estimate of drug-likeness (QED) is 0.211. The fraction of sp³-hybridized carbons (Fsp3) is 0.750. The molecule has 0 aromatic carbocycles. The molecule has 0 heterocycles. The van der Waals surface area contributed by atoms with E-state index in [0.717, 1.165) is 18.4 Å². The number of Topliss-reactive ketones (excluding diaryl/α,β-unsaturated/α-hetero) is 1. The Morgan fingerprint density at radius 1 is 1.07 bits per heavy atom. The molecule has 8 unspecified atom stereocenters. The molecule has 12 nitrogen and oxygen atoms in total. The molecule has 3 fully saturated rings. The molecule has 0 bridgehead atoms. The maximum atomic E-state index is 13.4. The zero-order valence-corrected chi connectivity index (χ0v) is 26.0. The molecule has 5 N–H and O–H groups in total. The van der Waals surface area contributed by atoms with Crippen molar-refractivity contribution < 1.29 is 48.8 Å². The number of aliphatic hydroxyl groups excluding tert-OH is 1. The second kappa shape index (κ2) is 12.7. The topological polar surface area (TPSA) is 196 Å². The van der Waals surface area contributed by atoms with Crippen molar-refractivity contribution in [1.82, 2.24) is 10.6 Å². The van der Waals surface area contributed by atoms with Crippen LogP contribution in [-0.4, -0.2) is 81.5 Å². The first kappa shape index (κ1) is 33.8. The molecule has 44 heavy (non-hydrogen) atoms. The molecule has 4 rings (SSSR count). The lowest BCUT2D eigenvalue weighted by Crippen LogP contribution is -2.62. The van der Waals surface area contributed by atoms with Crippen LogP contribution < -0.4 is 10.6 Å². The second-order valence-corrected chi connectivity index (χ2v) is 14.0. The molecular formula is C32H46N2O10. The minimum atomic E-state index is -1.78. The van der Waals surface area contributed by atoms with Crippen molar-refractivity contribution >= 4 is 35.3 Å². The highest BCUT2D eigenvalue weighted by atomic mass is 16.5. The molecule has 8 atom stereocenters. The van der Waals surface area contributed by atoms with Crippen LogP contribution in [0.4, 0.5) is 0 Å². The Bertz CT molecular complexity index is 1250. The van der Waals surface area contributed by atoms with Crippen molar-refractivity contribution in [2.75, 3.05) is 13.2 Å². The molecule has 0 aliphatic heterocycles. The van der Waals surface area contributed by atoms with Crippen LogP contribution in [0.15, 0.2) is 11.6 Å². The Hall–Kier alpha value is -3.12. The van der Waals surface area contributed by atoms with Crippen molar-refractivity contribution in [2.45, 2.75) is 103 Å². The fourth-order valence-electron chi connectivity index (χ4n) is 8.76. The first-order valence-electron chi connectivity index (χ1n) is 15.7. The van der Waals surface area contributed by atoms with Gasteiger partial charge in [-0.2, -0.15) is 0 Å². The van der Waals surface area contributed by atoms with Gasteiger partial charge in [-0.15, -0.1) is 0 Å². The first-order valence-corrected chi connectivity index (χ1v) is 15.7. The van der Waals surface area contributed by atoms with Crippen molar-refractivity contribution in [1.29, 1.82) is 0 Å². The van der Waals surface area contributed by atoms with Crippen LogP contribution in [0.1, 0.15) is 85.5 Å². The Kier molecular flexibility index (Phi) is 9.75. The van der Waals surface area contributed by atoms with E-state index in [-0.39, 0.29) is 60.6 Å². The summed E-state index contributed by atoms with van der Waals surface area (Å²) in [7, 11) is 0. The van der Waals surface area contributed by atoms with Gasteiger partial charge in [-0.25, -0.2) is 0 Å². The number of allylic oxidation sites excluding steroid dienone is 1. The number of hydrogen-bond donors (Lipinski definition) is 5. The Balaban J connectivity index is 1.33. The maximum absolute atomic E-state index is 13.4. The number of esters is 1. The second-order valence-electron chi connectivity index (χ2n) is 14.0. The summed E-state index contributed by atoms with van der Waals surface area (Å²) in [6.45, 7) is 6.08. The number of carboxylic acids is 1. The SMILES string of the molecule is CC(C)C(NC(=O)CCC(=O)OCC(=O)C1(O)CCC2C3CCC4=CC(=O)CCC4(C)C3C(O)CC21C)C(=O)NCC(=O)O. The molecule has 4 aliphatic rings. The van der Waals surface area contributed by atoms with Crippen LogP contribution in [0, 0.1) is 34.5 Å². The fourth-order valence-corrected chi connectivity index (χ4v) is 8.76. The number of rotatable bonds is 11. The van der Waals surface area contributed by atoms with E-state index in [1.54, 1.807) is 19.9 Å². The van der Waals surface area contributed by atoms with Gasteiger partial charge in [0.1, 0.15) is 18.2 Å². The van der Waals surface area contributed by atoms with Gasteiger partial charge in [-0.3, -0.25) is 28.8 Å². The minimum Gasteiger partial charge on any atom is -0.480 e. The molecule has 244 valence electrons. The molecule has 0 aromatic rings. The molecule has 0 saturated heterocycles. The average molecular weight is 619 g/mol. The number of carbonyl (C=O) groups excluding carboxylic acids is 5. The lowest BCUT2D eigenvalue weighted by atomic mass is 9.45. The number of carboxylic acid groups (broad SMARTS) is 1. The van der Waals surface area contributed by atoms with Gasteiger partial charge >= 0.3 is 11.9 Å². The largest absolute Gasteiger partial charge is 0.480 e. The Morgan fingerprint density at radius 3 is 2.43 bits per heavy atom. The zero-order chi connectivity index (χ0) is 32.6. The van der Waals surface area contributed by atoms with Crippen LogP contribution in [0.25, 0.3) is 0 Å². The monoisotopic (exact) mass is 618 g/mol. The van der Waals surface area contributed by atoms with Crippen LogP contribution in [0.3, 0.4) is 0 Å². The van der Waals surface area contributed by atoms with Gasteiger partial charge in [0.25, 0.3) is 0 Å². The van der Waals surface area contributed by atoms with Crippen molar-refractivity contribution in [3.8, 4) is 0 Å². The number of carbonyl (C=O) groups is 6. The number of ether oxygens (including phenoxy) is 1.